The molecule has 120 valence electrons. The van der Waals surface area contributed by atoms with Crippen molar-refractivity contribution in [3.63, 3.8) is 0 Å². The number of carbonyl (C=O) groups excluding carboxylic acids is 2. The Morgan fingerprint density at radius 2 is 1.76 bits per heavy atom. The van der Waals surface area contributed by atoms with E-state index in [0.29, 0.717) is 12.5 Å². The summed E-state index contributed by atoms with van der Waals surface area (Å²) in [6.07, 6.45) is 9.15. The fourth-order valence-corrected chi connectivity index (χ4v) is 3.80. The molecule has 2 atom stereocenters. The Hall–Kier alpha value is -1.06. The maximum absolute atomic E-state index is 12.5. The number of nitrogens with one attached hydrogen (secondary N) is 1. The predicted molar refractivity (Wildman–Crippen MR) is 83.8 cm³/mol. The maximum atomic E-state index is 12.5. The van der Waals surface area contributed by atoms with Crippen molar-refractivity contribution < 1.29 is 9.59 Å². The van der Waals surface area contributed by atoms with Gasteiger partial charge in [-0.05, 0) is 25.2 Å². The zero-order valence-corrected chi connectivity index (χ0v) is 13.6. The van der Waals surface area contributed by atoms with Crippen molar-refractivity contribution >= 4 is 11.8 Å². The Balaban J connectivity index is 1.92. The summed E-state index contributed by atoms with van der Waals surface area (Å²) in [6.45, 7) is 5.29. The number of rotatable bonds is 4. The van der Waals surface area contributed by atoms with E-state index in [9.17, 15) is 9.59 Å². The molecule has 0 spiro atoms. The minimum Gasteiger partial charge on any atom is -0.351 e. The first-order valence-electron chi connectivity index (χ1n) is 8.67. The second-order valence-electron chi connectivity index (χ2n) is 6.78. The highest BCUT2D eigenvalue weighted by Gasteiger charge is 2.35. The minimum atomic E-state index is 0.127. The number of nitrogens with zero attached hydrogens (tertiary/aromatic N) is 1. The number of amides is 2. The highest BCUT2D eigenvalue weighted by atomic mass is 16.2. The highest BCUT2D eigenvalue weighted by Crippen LogP contribution is 2.25. The lowest BCUT2D eigenvalue weighted by Gasteiger charge is -2.22. The van der Waals surface area contributed by atoms with Crippen LogP contribution in [0.5, 0.6) is 0 Å². The SMILES string of the molecule is CCCC1CN(C(C)=O)CC1NC(=O)C1CCCCCC1. The molecule has 0 aromatic rings. The van der Waals surface area contributed by atoms with E-state index in [1.165, 1.54) is 25.7 Å². The van der Waals surface area contributed by atoms with Gasteiger partial charge in [0.15, 0.2) is 0 Å². The van der Waals surface area contributed by atoms with Crippen LogP contribution in [0.25, 0.3) is 0 Å². The van der Waals surface area contributed by atoms with Gasteiger partial charge in [0.05, 0.1) is 6.04 Å². The first-order valence-corrected chi connectivity index (χ1v) is 8.67. The molecule has 1 aliphatic carbocycles. The van der Waals surface area contributed by atoms with Gasteiger partial charge in [-0.25, -0.2) is 0 Å². The second kappa shape index (κ2) is 7.81. The monoisotopic (exact) mass is 294 g/mol. The van der Waals surface area contributed by atoms with E-state index in [0.717, 1.165) is 32.2 Å². The van der Waals surface area contributed by atoms with E-state index in [-0.39, 0.29) is 23.8 Å². The van der Waals surface area contributed by atoms with Crippen molar-refractivity contribution in [1.29, 1.82) is 0 Å². The van der Waals surface area contributed by atoms with Gasteiger partial charge >= 0.3 is 0 Å². The molecule has 2 unspecified atom stereocenters. The van der Waals surface area contributed by atoms with Crippen molar-refractivity contribution in [1.82, 2.24) is 10.2 Å². The molecule has 1 saturated carbocycles. The zero-order chi connectivity index (χ0) is 15.2. The maximum Gasteiger partial charge on any atom is 0.223 e. The average Bonchev–Trinajstić information content (AvgIpc) is 2.68. The third-order valence-corrected chi connectivity index (χ3v) is 5.10. The van der Waals surface area contributed by atoms with Gasteiger partial charge in [-0.2, -0.15) is 0 Å². The van der Waals surface area contributed by atoms with Crippen molar-refractivity contribution in [2.75, 3.05) is 13.1 Å². The standard InChI is InChI=1S/C17H30N2O2/c1-3-8-15-11-19(13(2)20)12-16(15)18-17(21)14-9-6-4-5-7-10-14/h14-16H,3-12H2,1-2H3,(H,18,21). The highest BCUT2D eigenvalue weighted by molar-refractivity contribution is 5.79. The molecule has 2 fully saturated rings. The van der Waals surface area contributed by atoms with Gasteiger partial charge in [-0.15, -0.1) is 0 Å². The molecule has 1 N–H and O–H groups in total. The summed E-state index contributed by atoms with van der Waals surface area (Å²) in [5, 5.41) is 3.26. The van der Waals surface area contributed by atoms with Crippen LogP contribution in [-0.4, -0.2) is 35.8 Å². The van der Waals surface area contributed by atoms with Gasteiger partial charge in [-0.1, -0.05) is 39.0 Å². The summed E-state index contributed by atoms with van der Waals surface area (Å²) in [5.74, 6) is 0.977. The van der Waals surface area contributed by atoms with Crippen LogP contribution in [0.15, 0.2) is 0 Å². The Labute approximate surface area is 128 Å². The lowest BCUT2D eigenvalue weighted by molar-refractivity contribution is -0.129. The van der Waals surface area contributed by atoms with Crippen LogP contribution in [-0.2, 0) is 9.59 Å². The number of carbonyl (C=O) groups is 2. The largest absolute Gasteiger partial charge is 0.351 e. The topological polar surface area (TPSA) is 49.4 Å². The third-order valence-electron chi connectivity index (χ3n) is 5.10. The van der Waals surface area contributed by atoms with Crippen molar-refractivity contribution in [3.05, 3.63) is 0 Å². The van der Waals surface area contributed by atoms with Gasteiger partial charge in [0, 0.05) is 25.9 Å². The summed E-state index contributed by atoms with van der Waals surface area (Å²) in [4.78, 5) is 26.0. The molecule has 0 aromatic heterocycles. The third kappa shape index (κ3) is 4.45. The van der Waals surface area contributed by atoms with Crippen molar-refractivity contribution in [2.45, 2.75) is 71.3 Å². The van der Waals surface area contributed by atoms with Gasteiger partial charge in [-0.3, -0.25) is 9.59 Å². The van der Waals surface area contributed by atoms with Crippen molar-refractivity contribution in [2.24, 2.45) is 11.8 Å². The van der Waals surface area contributed by atoms with Crippen LogP contribution in [0.4, 0.5) is 0 Å². The molecular formula is C17H30N2O2. The van der Waals surface area contributed by atoms with Crippen LogP contribution in [0.2, 0.25) is 0 Å². The second-order valence-corrected chi connectivity index (χ2v) is 6.78. The molecule has 2 aliphatic rings. The van der Waals surface area contributed by atoms with Crippen LogP contribution < -0.4 is 5.32 Å². The molecule has 1 aliphatic heterocycles. The summed E-state index contributed by atoms with van der Waals surface area (Å²) >= 11 is 0. The Kier molecular flexibility index (Phi) is 6.07. The summed E-state index contributed by atoms with van der Waals surface area (Å²) in [7, 11) is 0. The first-order chi connectivity index (χ1) is 10.1. The molecule has 0 radical (unpaired) electrons. The van der Waals surface area contributed by atoms with E-state index in [4.69, 9.17) is 0 Å². The lowest BCUT2D eigenvalue weighted by Crippen LogP contribution is -2.43. The molecule has 4 nitrogen and oxygen atoms in total. The van der Waals surface area contributed by atoms with Crippen LogP contribution in [0.1, 0.15) is 65.2 Å². The summed E-state index contributed by atoms with van der Waals surface area (Å²) < 4.78 is 0. The Morgan fingerprint density at radius 1 is 1.10 bits per heavy atom. The lowest BCUT2D eigenvalue weighted by atomic mass is 9.95. The van der Waals surface area contributed by atoms with Gasteiger partial charge in [0.1, 0.15) is 0 Å². The molecule has 1 heterocycles. The number of hydrogen-bond donors (Lipinski definition) is 1. The van der Waals surface area contributed by atoms with E-state index in [1.807, 2.05) is 4.90 Å². The van der Waals surface area contributed by atoms with E-state index < -0.39 is 0 Å². The average molecular weight is 294 g/mol. The van der Waals surface area contributed by atoms with E-state index in [1.54, 1.807) is 6.92 Å². The van der Waals surface area contributed by atoms with E-state index >= 15 is 0 Å². The fraction of sp³-hybridized carbons (Fsp3) is 0.882. The van der Waals surface area contributed by atoms with Gasteiger partial charge in [0.25, 0.3) is 0 Å². The predicted octanol–water partition coefficient (Wildman–Crippen LogP) is 2.72. The molecular weight excluding hydrogens is 264 g/mol. The Morgan fingerprint density at radius 3 is 2.33 bits per heavy atom. The Bertz CT molecular complexity index is 362. The molecule has 21 heavy (non-hydrogen) atoms. The zero-order valence-electron chi connectivity index (χ0n) is 13.6. The number of hydrogen-bond acceptors (Lipinski definition) is 2. The van der Waals surface area contributed by atoms with Crippen LogP contribution >= 0.6 is 0 Å². The molecule has 1 saturated heterocycles. The van der Waals surface area contributed by atoms with Crippen LogP contribution in [0, 0.1) is 11.8 Å². The fourth-order valence-electron chi connectivity index (χ4n) is 3.80. The normalized spacial score (nSPS) is 27.4. The van der Waals surface area contributed by atoms with Gasteiger partial charge < -0.3 is 10.2 Å². The molecule has 4 heteroatoms. The minimum absolute atomic E-state index is 0.127. The van der Waals surface area contributed by atoms with Crippen LogP contribution in [0.3, 0.4) is 0 Å². The first kappa shape index (κ1) is 16.3. The quantitative estimate of drug-likeness (QED) is 0.811. The smallest absolute Gasteiger partial charge is 0.223 e. The molecule has 2 amide bonds. The number of likely N-dealkylation sites (tertiary alicyclic amines) is 1. The van der Waals surface area contributed by atoms with E-state index in [2.05, 4.69) is 12.2 Å². The van der Waals surface area contributed by atoms with Crippen molar-refractivity contribution in [3.8, 4) is 0 Å². The molecule has 0 bridgehead atoms. The summed E-state index contributed by atoms with van der Waals surface area (Å²) in [6, 6.07) is 0.157. The molecule has 0 aromatic carbocycles. The molecule has 2 rings (SSSR count). The van der Waals surface area contributed by atoms with Gasteiger partial charge in [0.2, 0.25) is 11.8 Å². The summed E-state index contributed by atoms with van der Waals surface area (Å²) in [5.41, 5.74) is 0.